The van der Waals surface area contributed by atoms with Crippen LogP contribution in [0, 0.1) is 0 Å². The summed E-state index contributed by atoms with van der Waals surface area (Å²) in [6, 6.07) is 9.44. The van der Waals surface area contributed by atoms with E-state index in [0.29, 0.717) is 17.3 Å². The van der Waals surface area contributed by atoms with E-state index in [-0.39, 0.29) is 12.0 Å². The molecule has 0 amide bonds. The Morgan fingerprint density at radius 2 is 2.05 bits per heavy atom. The Hall–Kier alpha value is -1.88. The van der Waals surface area contributed by atoms with Gasteiger partial charge in [-0.15, -0.1) is 0 Å². The van der Waals surface area contributed by atoms with Gasteiger partial charge in [0.05, 0.1) is 18.2 Å². The second kappa shape index (κ2) is 5.84. The number of nitrogens with one attached hydrogen (secondary N) is 2. The first-order chi connectivity index (χ1) is 9.13. The van der Waals surface area contributed by atoms with E-state index in [0.717, 1.165) is 11.3 Å². The van der Waals surface area contributed by atoms with Gasteiger partial charge in [0, 0.05) is 5.70 Å². The Balaban J connectivity index is 2.41. The van der Waals surface area contributed by atoms with Gasteiger partial charge in [-0.05, 0) is 31.6 Å². The van der Waals surface area contributed by atoms with Crippen LogP contribution in [0.25, 0.3) is 0 Å². The van der Waals surface area contributed by atoms with Crippen LogP contribution in [0.3, 0.4) is 0 Å². The Labute approximate surface area is 117 Å². The van der Waals surface area contributed by atoms with Crippen molar-refractivity contribution in [3.63, 3.8) is 0 Å². The van der Waals surface area contributed by atoms with Gasteiger partial charge in [-0.2, -0.15) is 0 Å². The lowest BCUT2D eigenvalue weighted by Gasteiger charge is -2.29. The summed E-state index contributed by atoms with van der Waals surface area (Å²) in [5.74, 6) is -0.323. The van der Waals surface area contributed by atoms with Crippen molar-refractivity contribution in [1.29, 1.82) is 0 Å². The molecule has 0 saturated heterocycles. The largest absolute Gasteiger partial charge is 0.463 e. The molecule has 0 aromatic heterocycles. The average molecular weight is 276 g/mol. The smallest absolute Gasteiger partial charge is 0.338 e. The number of carbonyl (C=O) groups excluding carboxylic acids is 1. The molecule has 1 aromatic carbocycles. The normalized spacial score (nSPS) is 18.6. The van der Waals surface area contributed by atoms with Crippen molar-refractivity contribution in [1.82, 2.24) is 10.6 Å². The second-order valence-corrected chi connectivity index (χ2v) is 4.61. The summed E-state index contributed by atoms with van der Waals surface area (Å²) >= 11 is 5.16. The van der Waals surface area contributed by atoms with Gasteiger partial charge < -0.3 is 15.4 Å². The number of allylic oxidation sites excluding steroid dienone is 1. The molecule has 5 heteroatoms. The monoisotopic (exact) mass is 276 g/mol. The molecule has 1 aromatic rings. The Morgan fingerprint density at radius 1 is 1.37 bits per heavy atom. The SMILES string of the molecule is CCOC(=O)C1=C(C)NC(=S)N[C@H]1c1ccccc1. The predicted molar refractivity (Wildman–Crippen MR) is 77.4 cm³/mol. The quantitative estimate of drug-likeness (QED) is 0.653. The van der Waals surface area contributed by atoms with E-state index < -0.39 is 0 Å². The molecule has 4 nitrogen and oxygen atoms in total. The maximum Gasteiger partial charge on any atom is 0.338 e. The number of hydrogen-bond acceptors (Lipinski definition) is 3. The Bertz CT molecular complexity index is 526. The van der Waals surface area contributed by atoms with E-state index in [2.05, 4.69) is 10.6 Å². The van der Waals surface area contributed by atoms with Crippen LogP contribution in [0.4, 0.5) is 0 Å². The third-order valence-electron chi connectivity index (χ3n) is 2.90. The first kappa shape index (κ1) is 13.5. The van der Waals surface area contributed by atoms with Crippen molar-refractivity contribution in [2.75, 3.05) is 6.61 Å². The molecule has 2 N–H and O–H groups in total. The lowest BCUT2D eigenvalue weighted by Crippen LogP contribution is -2.45. The molecule has 1 heterocycles. The summed E-state index contributed by atoms with van der Waals surface area (Å²) in [5, 5.41) is 6.59. The Morgan fingerprint density at radius 3 is 2.68 bits per heavy atom. The minimum Gasteiger partial charge on any atom is -0.463 e. The highest BCUT2D eigenvalue weighted by molar-refractivity contribution is 7.80. The van der Waals surface area contributed by atoms with Gasteiger partial charge in [0.2, 0.25) is 0 Å². The minimum absolute atomic E-state index is 0.269. The third kappa shape index (κ3) is 2.93. The number of esters is 1. The number of hydrogen-bond donors (Lipinski definition) is 2. The first-order valence-electron chi connectivity index (χ1n) is 6.13. The zero-order valence-electron chi connectivity index (χ0n) is 10.9. The van der Waals surface area contributed by atoms with E-state index in [1.165, 1.54) is 0 Å². The van der Waals surface area contributed by atoms with Crippen molar-refractivity contribution in [3.8, 4) is 0 Å². The zero-order valence-corrected chi connectivity index (χ0v) is 11.7. The number of carbonyl (C=O) groups is 1. The fourth-order valence-corrected chi connectivity index (χ4v) is 2.34. The highest BCUT2D eigenvalue weighted by atomic mass is 32.1. The van der Waals surface area contributed by atoms with Crippen LogP contribution in [0.2, 0.25) is 0 Å². The summed E-state index contributed by atoms with van der Waals surface area (Å²) in [7, 11) is 0. The van der Waals surface area contributed by atoms with Gasteiger partial charge in [-0.3, -0.25) is 0 Å². The standard InChI is InChI=1S/C14H16N2O2S/c1-3-18-13(17)11-9(2)15-14(19)16-12(11)10-7-5-4-6-8-10/h4-8,12H,3H2,1-2H3,(H2,15,16,19)/t12-/m0/s1. The third-order valence-corrected chi connectivity index (χ3v) is 3.12. The zero-order chi connectivity index (χ0) is 13.8. The molecule has 0 fully saturated rings. The summed E-state index contributed by atoms with van der Waals surface area (Å²) < 4.78 is 5.12. The van der Waals surface area contributed by atoms with Crippen molar-refractivity contribution in [2.24, 2.45) is 0 Å². The Kier molecular flexibility index (Phi) is 4.16. The lowest BCUT2D eigenvalue weighted by atomic mass is 9.96. The van der Waals surface area contributed by atoms with Gasteiger partial charge >= 0.3 is 5.97 Å². The van der Waals surface area contributed by atoms with E-state index in [4.69, 9.17) is 17.0 Å². The molecule has 0 bridgehead atoms. The lowest BCUT2D eigenvalue weighted by molar-refractivity contribution is -0.139. The molecule has 0 unspecified atom stereocenters. The molecular weight excluding hydrogens is 260 g/mol. The topological polar surface area (TPSA) is 50.4 Å². The average Bonchev–Trinajstić information content (AvgIpc) is 2.39. The summed E-state index contributed by atoms with van der Waals surface area (Å²) in [4.78, 5) is 12.1. The molecule has 1 atom stereocenters. The van der Waals surface area contributed by atoms with Gasteiger partial charge in [-0.25, -0.2) is 4.79 Å². The van der Waals surface area contributed by atoms with Crippen molar-refractivity contribution in [3.05, 3.63) is 47.2 Å². The molecule has 0 spiro atoms. The molecule has 0 saturated carbocycles. The van der Waals surface area contributed by atoms with E-state index in [9.17, 15) is 4.79 Å². The molecule has 19 heavy (non-hydrogen) atoms. The van der Waals surface area contributed by atoms with E-state index in [1.54, 1.807) is 6.92 Å². The van der Waals surface area contributed by atoms with Crippen molar-refractivity contribution in [2.45, 2.75) is 19.9 Å². The number of rotatable bonds is 3. The van der Waals surface area contributed by atoms with Gasteiger partial charge in [-0.1, -0.05) is 30.3 Å². The summed E-state index contributed by atoms with van der Waals surface area (Å²) in [6.45, 7) is 3.97. The van der Waals surface area contributed by atoms with Crippen LogP contribution in [0.15, 0.2) is 41.6 Å². The summed E-state index contributed by atoms with van der Waals surface area (Å²) in [5.41, 5.74) is 2.28. The van der Waals surface area contributed by atoms with Crippen LogP contribution in [0.1, 0.15) is 25.5 Å². The number of ether oxygens (including phenoxy) is 1. The fraction of sp³-hybridized carbons (Fsp3) is 0.286. The first-order valence-corrected chi connectivity index (χ1v) is 6.54. The number of thiocarbonyl (C=S) groups is 1. The molecule has 100 valence electrons. The van der Waals surface area contributed by atoms with E-state index in [1.807, 2.05) is 37.3 Å². The molecule has 1 aliphatic rings. The van der Waals surface area contributed by atoms with Crippen molar-refractivity contribution < 1.29 is 9.53 Å². The highest BCUT2D eigenvalue weighted by Gasteiger charge is 2.30. The summed E-state index contributed by atoms with van der Waals surface area (Å²) in [6.07, 6.45) is 0. The highest BCUT2D eigenvalue weighted by Crippen LogP contribution is 2.27. The van der Waals surface area contributed by atoms with Crippen LogP contribution < -0.4 is 10.6 Å². The van der Waals surface area contributed by atoms with Crippen LogP contribution in [-0.4, -0.2) is 17.7 Å². The molecule has 1 aliphatic heterocycles. The molecule has 0 radical (unpaired) electrons. The maximum atomic E-state index is 12.1. The minimum atomic E-state index is -0.323. The van der Waals surface area contributed by atoms with E-state index >= 15 is 0 Å². The van der Waals surface area contributed by atoms with Crippen LogP contribution >= 0.6 is 12.2 Å². The fourth-order valence-electron chi connectivity index (χ4n) is 2.07. The maximum absolute atomic E-state index is 12.1. The van der Waals surface area contributed by atoms with Gasteiger partial charge in [0.15, 0.2) is 5.11 Å². The van der Waals surface area contributed by atoms with Gasteiger partial charge in [0.1, 0.15) is 0 Å². The second-order valence-electron chi connectivity index (χ2n) is 4.20. The van der Waals surface area contributed by atoms with Crippen LogP contribution in [-0.2, 0) is 9.53 Å². The van der Waals surface area contributed by atoms with Crippen molar-refractivity contribution >= 4 is 23.3 Å². The van der Waals surface area contributed by atoms with Crippen LogP contribution in [0.5, 0.6) is 0 Å². The van der Waals surface area contributed by atoms with Gasteiger partial charge in [0.25, 0.3) is 0 Å². The predicted octanol–water partition coefficient (Wildman–Crippen LogP) is 2.04. The number of benzene rings is 1. The molecule has 2 rings (SSSR count). The molecular formula is C14H16N2O2S. The molecule has 0 aliphatic carbocycles.